The normalized spacial score (nSPS) is 11.1. The van der Waals surface area contributed by atoms with E-state index in [0.717, 1.165) is 11.3 Å². The lowest BCUT2D eigenvalue weighted by molar-refractivity contribution is -0.125. The lowest BCUT2D eigenvalue weighted by atomic mass is 9.94. The van der Waals surface area contributed by atoms with Crippen molar-refractivity contribution in [1.82, 2.24) is 0 Å². The summed E-state index contributed by atoms with van der Waals surface area (Å²) in [6.07, 6.45) is 0. The molecule has 0 fully saturated rings. The molecule has 0 aliphatic carbocycles. The smallest absolute Gasteiger partial charge is 0.232 e. The molecular weight excluding hydrogens is 232 g/mol. The van der Waals surface area contributed by atoms with E-state index in [0.29, 0.717) is 4.99 Å². The van der Waals surface area contributed by atoms with Gasteiger partial charge in [-0.25, -0.2) is 0 Å². The Hall–Kier alpha value is -1.42. The number of nitrogens with two attached hydrogens (primary N) is 1. The first-order chi connectivity index (χ1) is 7.73. The predicted molar refractivity (Wildman–Crippen MR) is 75.2 cm³/mol. The van der Waals surface area contributed by atoms with Crippen molar-refractivity contribution in [2.45, 2.75) is 20.8 Å². The Kier molecular flexibility index (Phi) is 3.88. The van der Waals surface area contributed by atoms with Gasteiger partial charge >= 0.3 is 0 Å². The molecule has 0 heterocycles. The first kappa shape index (κ1) is 13.6. The summed E-state index contributed by atoms with van der Waals surface area (Å²) in [5.74, 6) is 0.0533. The number of carbonyl (C=O) groups excluding carboxylic acids is 1. The number of amides is 1. The molecule has 0 aromatic heterocycles. The van der Waals surface area contributed by atoms with Gasteiger partial charge in [-0.05, 0) is 12.1 Å². The minimum Gasteiger partial charge on any atom is -0.389 e. The standard InChI is InChI=1S/C13H18N2OS/c1-13(2,3)12(16)15(4)10-7-5-6-9(8-10)11(14)17/h5-8H,1-4H3,(H2,14,17). The van der Waals surface area contributed by atoms with Gasteiger partial charge in [-0.1, -0.05) is 45.1 Å². The van der Waals surface area contributed by atoms with Crippen molar-refractivity contribution >= 4 is 28.8 Å². The number of benzene rings is 1. The minimum atomic E-state index is -0.409. The van der Waals surface area contributed by atoms with Gasteiger partial charge in [-0.2, -0.15) is 0 Å². The monoisotopic (exact) mass is 250 g/mol. The zero-order valence-corrected chi connectivity index (χ0v) is 11.5. The summed E-state index contributed by atoms with van der Waals surface area (Å²) in [7, 11) is 1.76. The van der Waals surface area contributed by atoms with Crippen molar-refractivity contribution in [3.8, 4) is 0 Å². The average Bonchev–Trinajstić information content (AvgIpc) is 2.26. The Bertz CT molecular complexity index is 449. The Morgan fingerprint density at radius 2 is 1.94 bits per heavy atom. The molecule has 0 bridgehead atoms. The van der Waals surface area contributed by atoms with Crippen LogP contribution in [0.1, 0.15) is 26.3 Å². The molecule has 0 aliphatic rings. The van der Waals surface area contributed by atoms with Crippen LogP contribution in [0.3, 0.4) is 0 Å². The van der Waals surface area contributed by atoms with Gasteiger partial charge in [0.05, 0.1) is 0 Å². The third-order valence-electron chi connectivity index (χ3n) is 2.46. The number of anilines is 1. The fourth-order valence-corrected chi connectivity index (χ4v) is 1.62. The van der Waals surface area contributed by atoms with Crippen molar-refractivity contribution < 1.29 is 4.79 Å². The fourth-order valence-electron chi connectivity index (χ4n) is 1.49. The maximum Gasteiger partial charge on any atom is 0.232 e. The topological polar surface area (TPSA) is 46.3 Å². The highest BCUT2D eigenvalue weighted by Crippen LogP contribution is 2.22. The van der Waals surface area contributed by atoms with Gasteiger partial charge in [-0.15, -0.1) is 0 Å². The number of thiocarbonyl (C=S) groups is 1. The Morgan fingerprint density at radius 3 is 2.41 bits per heavy atom. The molecule has 0 unspecified atom stereocenters. The molecule has 2 N–H and O–H groups in total. The Balaban J connectivity index is 3.05. The van der Waals surface area contributed by atoms with Crippen molar-refractivity contribution in [2.75, 3.05) is 11.9 Å². The van der Waals surface area contributed by atoms with E-state index in [9.17, 15) is 4.79 Å². The van der Waals surface area contributed by atoms with Crippen LogP contribution < -0.4 is 10.6 Å². The van der Waals surface area contributed by atoms with Gasteiger partial charge in [0, 0.05) is 23.7 Å². The van der Waals surface area contributed by atoms with Crippen LogP contribution in [0, 0.1) is 5.41 Å². The summed E-state index contributed by atoms with van der Waals surface area (Å²) >= 11 is 4.92. The third-order valence-corrected chi connectivity index (χ3v) is 2.70. The van der Waals surface area contributed by atoms with Gasteiger partial charge in [-0.3, -0.25) is 4.79 Å². The molecule has 0 atom stereocenters. The second-order valence-corrected chi connectivity index (χ2v) is 5.47. The van der Waals surface area contributed by atoms with E-state index in [2.05, 4.69) is 0 Å². The van der Waals surface area contributed by atoms with Crippen LogP contribution >= 0.6 is 12.2 Å². The molecule has 3 nitrogen and oxygen atoms in total. The molecule has 92 valence electrons. The molecule has 1 amide bonds. The molecule has 1 rings (SSSR count). The molecule has 0 spiro atoms. The number of nitrogens with zero attached hydrogens (tertiary/aromatic N) is 1. The van der Waals surface area contributed by atoms with Crippen LogP contribution in [0.15, 0.2) is 24.3 Å². The van der Waals surface area contributed by atoms with E-state index in [4.69, 9.17) is 18.0 Å². The van der Waals surface area contributed by atoms with Gasteiger partial charge < -0.3 is 10.6 Å². The number of hydrogen-bond acceptors (Lipinski definition) is 2. The van der Waals surface area contributed by atoms with Crippen LogP contribution in [0.5, 0.6) is 0 Å². The maximum absolute atomic E-state index is 12.1. The fraction of sp³-hybridized carbons (Fsp3) is 0.385. The predicted octanol–water partition coefficient (Wildman–Crippen LogP) is 2.33. The summed E-state index contributed by atoms with van der Waals surface area (Å²) in [6, 6.07) is 7.37. The van der Waals surface area contributed by atoms with Crippen molar-refractivity contribution in [3.63, 3.8) is 0 Å². The van der Waals surface area contributed by atoms with Crippen LogP contribution in [-0.2, 0) is 4.79 Å². The first-order valence-corrected chi connectivity index (χ1v) is 5.82. The second kappa shape index (κ2) is 4.84. The molecular formula is C13H18N2OS. The lowest BCUT2D eigenvalue weighted by Crippen LogP contribution is -2.36. The lowest BCUT2D eigenvalue weighted by Gasteiger charge is -2.26. The molecule has 1 aromatic rings. The van der Waals surface area contributed by atoms with Crippen molar-refractivity contribution in [3.05, 3.63) is 29.8 Å². The quantitative estimate of drug-likeness (QED) is 0.819. The third kappa shape index (κ3) is 3.27. The van der Waals surface area contributed by atoms with Crippen molar-refractivity contribution in [2.24, 2.45) is 11.1 Å². The maximum atomic E-state index is 12.1. The zero-order chi connectivity index (χ0) is 13.2. The highest BCUT2D eigenvalue weighted by Gasteiger charge is 2.25. The number of hydrogen-bond donors (Lipinski definition) is 1. The van der Waals surface area contributed by atoms with Crippen molar-refractivity contribution in [1.29, 1.82) is 0 Å². The van der Waals surface area contributed by atoms with Gasteiger partial charge in [0.1, 0.15) is 4.99 Å². The van der Waals surface area contributed by atoms with Gasteiger partial charge in [0.15, 0.2) is 0 Å². The Morgan fingerprint density at radius 1 is 1.35 bits per heavy atom. The molecule has 0 saturated heterocycles. The highest BCUT2D eigenvalue weighted by molar-refractivity contribution is 7.80. The molecule has 1 aromatic carbocycles. The van der Waals surface area contributed by atoms with Crippen LogP contribution in [0.2, 0.25) is 0 Å². The summed E-state index contributed by atoms with van der Waals surface area (Å²) in [5.41, 5.74) is 6.73. The van der Waals surface area contributed by atoms with Crippen LogP contribution in [0.25, 0.3) is 0 Å². The summed E-state index contributed by atoms with van der Waals surface area (Å²) in [4.78, 5) is 14.1. The van der Waals surface area contributed by atoms with Gasteiger partial charge in [0.25, 0.3) is 0 Å². The van der Waals surface area contributed by atoms with E-state index >= 15 is 0 Å². The van der Waals surface area contributed by atoms with E-state index in [1.165, 1.54) is 0 Å². The number of rotatable bonds is 2. The molecule has 0 radical (unpaired) electrons. The number of carbonyl (C=O) groups is 1. The van der Waals surface area contributed by atoms with E-state index in [1.807, 2.05) is 45.0 Å². The molecule has 0 saturated carbocycles. The van der Waals surface area contributed by atoms with Gasteiger partial charge in [0.2, 0.25) is 5.91 Å². The minimum absolute atomic E-state index is 0.0533. The van der Waals surface area contributed by atoms with E-state index in [-0.39, 0.29) is 5.91 Å². The Labute approximate surface area is 108 Å². The largest absolute Gasteiger partial charge is 0.389 e. The first-order valence-electron chi connectivity index (χ1n) is 5.41. The van der Waals surface area contributed by atoms with Crippen LogP contribution in [0.4, 0.5) is 5.69 Å². The van der Waals surface area contributed by atoms with E-state index in [1.54, 1.807) is 11.9 Å². The average molecular weight is 250 g/mol. The molecule has 0 aliphatic heterocycles. The zero-order valence-electron chi connectivity index (χ0n) is 10.7. The summed E-state index contributed by atoms with van der Waals surface area (Å²) in [6.45, 7) is 5.68. The summed E-state index contributed by atoms with van der Waals surface area (Å²) in [5, 5.41) is 0. The second-order valence-electron chi connectivity index (χ2n) is 5.03. The molecule has 4 heteroatoms. The highest BCUT2D eigenvalue weighted by atomic mass is 32.1. The molecule has 17 heavy (non-hydrogen) atoms. The SMILES string of the molecule is CN(C(=O)C(C)(C)C)c1cccc(C(N)=S)c1. The van der Waals surface area contributed by atoms with Crippen LogP contribution in [-0.4, -0.2) is 17.9 Å². The van der Waals surface area contributed by atoms with E-state index < -0.39 is 5.41 Å². The summed E-state index contributed by atoms with van der Waals surface area (Å²) < 4.78 is 0.